The van der Waals surface area contributed by atoms with Gasteiger partial charge in [0.1, 0.15) is 10.0 Å². The summed E-state index contributed by atoms with van der Waals surface area (Å²) in [7, 11) is -1.96. The number of nitrogens with one attached hydrogen (secondary N) is 1. The summed E-state index contributed by atoms with van der Waals surface area (Å²) in [6, 6.07) is 0.0116. The molecule has 1 atom stereocenters. The van der Waals surface area contributed by atoms with Crippen LogP contribution >= 0.6 is 11.6 Å². The monoisotopic (exact) mass is 375 g/mol. The van der Waals surface area contributed by atoms with Crippen molar-refractivity contribution in [2.24, 2.45) is 7.05 Å². The molecule has 0 saturated carbocycles. The van der Waals surface area contributed by atoms with Gasteiger partial charge in [0.05, 0.1) is 5.69 Å². The number of hydrogen-bond acceptors (Lipinski definition) is 5. The molecule has 2 saturated heterocycles. The lowest BCUT2D eigenvalue weighted by Gasteiger charge is -2.38. The molecule has 0 spiro atoms. The normalized spacial score (nSPS) is 24.4. The standard InChI is InChI=1S/C15H26ClN5O2S/c1-12-14(15(16)19(2)18-12)24(22,23)21-8-4-3-5-13(21)11-20-9-6-17-7-10-20/h13,17H,3-11H2,1-2H3. The van der Waals surface area contributed by atoms with Crippen LogP contribution in [0.2, 0.25) is 5.15 Å². The SMILES string of the molecule is Cc1nn(C)c(Cl)c1S(=O)(=O)N1CCCCC1CN1CCNCC1. The number of rotatable bonds is 4. The summed E-state index contributed by atoms with van der Waals surface area (Å²) >= 11 is 6.23. The zero-order chi connectivity index (χ0) is 17.3. The highest BCUT2D eigenvalue weighted by molar-refractivity contribution is 7.89. The number of hydrogen-bond donors (Lipinski definition) is 1. The Morgan fingerprint density at radius 3 is 2.58 bits per heavy atom. The molecule has 2 aliphatic heterocycles. The molecule has 24 heavy (non-hydrogen) atoms. The maximum Gasteiger partial charge on any atom is 0.248 e. The first-order chi connectivity index (χ1) is 11.4. The number of aryl methyl sites for hydroxylation is 2. The highest BCUT2D eigenvalue weighted by atomic mass is 35.5. The largest absolute Gasteiger partial charge is 0.314 e. The molecule has 0 bridgehead atoms. The lowest BCUT2D eigenvalue weighted by molar-refractivity contribution is 0.156. The first-order valence-electron chi connectivity index (χ1n) is 8.55. The Morgan fingerprint density at radius 1 is 1.25 bits per heavy atom. The molecule has 0 aromatic carbocycles. The Morgan fingerprint density at radius 2 is 1.96 bits per heavy atom. The van der Waals surface area contributed by atoms with E-state index in [-0.39, 0.29) is 16.1 Å². The van der Waals surface area contributed by atoms with Crippen LogP contribution in [0.3, 0.4) is 0 Å². The average Bonchev–Trinajstić information content (AvgIpc) is 2.82. The minimum absolute atomic E-state index is 0.0116. The highest BCUT2D eigenvalue weighted by Gasteiger charge is 2.38. The molecule has 1 aromatic rings. The first kappa shape index (κ1) is 18.1. The quantitative estimate of drug-likeness (QED) is 0.844. The zero-order valence-corrected chi connectivity index (χ0v) is 15.9. The third-order valence-corrected chi connectivity index (χ3v) is 7.57. The Labute approximate surface area is 149 Å². The zero-order valence-electron chi connectivity index (χ0n) is 14.3. The van der Waals surface area contributed by atoms with Gasteiger partial charge in [-0.05, 0) is 19.8 Å². The fourth-order valence-electron chi connectivity index (χ4n) is 3.69. The van der Waals surface area contributed by atoms with Crippen LogP contribution in [0.1, 0.15) is 25.0 Å². The molecular weight excluding hydrogens is 350 g/mol. The average molecular weight is 376 g/mol. The van der Waals surface area contributed by atoms with Crippen molar-refractivity contribution in [3.8, 4) is 0 Å². The highest BCUT2D eigenvalue weighted by Crippen LogP contribution is 2.31. The van der Waals surface area contributed by atoms with Crippen molar-refractivity contribution < 1.29 is 8.42 Å². The van der Waals surface area contributed by atoms with Crippen molar-refractivity contribution in [3.05, 3.63) is 10.8 Å². The number of nitrogens with zero attached hydrogens (tertiary/aromatic N) is 4. The van der Waals surface area contributed by atoms with Gasteiger partial charge < -0.3 is 5.32 Å². The predicted molar refractivity (Wildman–Crippen MR) is 93.8 cm³/mol. The molecule has 0 radical (unpaired) electrons. The summed E-state index contributed by atoms with van der Waals surface area (Å²) in [4.78, 5) is 2.52. The smallest absolute Gasteiger partial charge is 0.248 e. The van der Waals surface area contributed by atoms with Gasteiger partial charge in [0.25, 0.3) is 0 Å². The Bertz CT molecular complexity index is 684. The molecule has 3 rings (SSSR count). The van der Waals surface area contributed by atoms with Gasteiger partial charge in [-0.1, -0.05) is 18.0 Å². The maximum atomic E-state index is 13.3. The molecule has 3 heterocycles. The molecule has 2 aliphatic rings. The van der Waals surface area contributed by atoms with Crippen molar-refractivity contribution >= 4 is 21.6 Å². The topological polar surface area (TPSA) is 70.5 Å². The third-order valence-electron chi connectivity index (χ3n) is 4.92. The summed E-state index contributed by atoms with van der Waals surface area (Å²) in [6.45, 7) is 6.92. The van der Waals surface area contributed by atoms with Gasteiger partial charge in [0.2, 0.25) is 10.0 Å². The van der Waals surface area contributed by atoms with E-state index in [2.05, 4.69) is 15.3 Å². The van der Waals surface area contributed by atoms with Crippen LogP contribution < -0.4 is 5.32 Å². The van der Waals surface area contributed by atoms with Crippen molar-refractivity contribution in [1.29, 1.82) is 0 Å². The molecule has 1 unspecified atom stereocenters. The van der Waals surface area contributed by atoms with Crippen molar-refractivity contribution in [3.63, 3.8) is 0 Å². The van der Waals surface area contributed by atoms with Crippen LogP contribution in [0.25, 0.3) is 0 Å². The van der Waals surface area contributed by atoms with E-state index in [0.29, 0.717) is 12.2 Å². The molecule has 136 valence electrons. The number of halogens is 1. The Hall–Kier alpha value is -0.670. The second kappa shape index (κ2) is 7.29. The van der Waals surface area contributed by atoms with Crippen LogP contribution in [-0.4, -0.2) is 72.7 Å². The predicted octanol–water partition coefficient (Wildman–Crippen LogP) is 0.830. The number of piperazine rings is 1. The lowest BCUT2D eigenvalue weighted by atomic mass is 10.0. The molecule has 1 N–H and O–H groups in total. The fraction of sp³-hybridized carbons (Fsp3) is 0.800. The summed E-state index contributed by atoms with van der Waals surface area (Å²) in [6.07, 6.45) is 2.87. The summed E-state index contributed by atoms with van der Waals surface area (Å²) in [5, 5.41) is 7.70. The minimum atomic E-state index is -3.63. The second-order valence-electron chi connectivity index (χ2n) is 6.64. The van der Waals surface area contributed by atoms with Gasteiger partial charge in [-0.15, -0.1) is 0 Å². The van der Waals surface area contributed by atoms with Gasteiger partial charge in [0.15, 0.2) is 0 Å². The fourth-order valence-corrected chi connectivity index (χ4v) is 6.08. The summed E-state index contributed by atoms with van der Waals surface area (Å²) in [5.41, 5.74) is 0.467. The van der Waals surface area contributed by atoms with Crippen molar-refractivity contribution in [2.75, 3.05) is 39.3 Å². The van der Waals surface area contributed by atoms with E-state index in [1.807, 2.05) is 0 Å². The van der Waals surface area contributed by atoms with Gasteiger partial charge in [-0.2, -0.15) is 9.40 Å². The molecule has 9 heteroatoms. The summed E-state index contributed by atoms with van der Waals surface area (Å²) < 4.78 is 29.6. The Kier molecular flexibility index (Phi) is 5.51. The Balaban J connectivity index is 1.86. The van der Waals surface area contributed by atoms with Gasteiger partial charge >= 0.3 is 0 Å². The summed E-state index contributed by atoms with van der Waals surface area (Å²) in [5.74, 6) is 0. The van der Waals surface area contributed by atoms with E-state index in [1.165, 1.54) is 4.68 Å². The minimum Gasteiger partial charge on any atom is -0.314 e. The number of piperidine rings is 1. The van der Waals surface area contributed by atoms with Crippen LogP contribution in [0.4, 0.5) is 0 Å². The first-order valence-corrected chi connectivity index (χ1v) is 10.4. The van der Waals surface area contributed by atoms with Crippen LogP contribution in [0.5, 0.6) is 0 Å². The van der Waals surface area contributed by atoms with Crippen LogP contribution in [0.15, 0.2) is 4.90 Å². The van der Waals surface area contributed by atoms with E-state index >= 15 is 0 Å². The molecular formula is C15H26ClN5O2S. The third kappa shape index (κ3) is 3.48. The van der Waals surface area contributed by atoms with Crippen molar-refractivity contribution in [2.45, 2.75) is 37.1 Å². The van der Waals surface area contributed by atoms with Gasteiger partial charge in [0, 0.05) is 52.4 Å². The molecule has 0 amide bonds. The van der Waals surface area contributed by atoms with Crippen LogP contribution in [-0.2, 0) is 17.1 Å². The lowest BCUT2D eigenvalue weighted by Crippen LogP contribution is -2.53. The van der Waals surface area contributed by atoms with Gasteiger partial charge in [-0.3, -0.25) is 9.58 Å². The molecule has 7 nitrogen and oxygen atoms in total. The second-order valence-corrected chi connectivity index (χ2v) is 8.83. The van der Waals surface area contributed by atoms with E-state index in [4.69, 9.17) is 11.6 Å². The number of aromatic nitrogens is 2. The van der Waals surface area contributed by atoms with Gasteiger partial charge in [-0.25, -0.2) is 8.42 Å². The molecule has 1 aromatic heterocycles. The van der Waals surface area contributed by atoms with Crippen molar-refractivity contribution in [1.82, 2.24) is 24.3 Å². The molecule has 0 aliphatic carbocycles. The molecule has 2 fully saturated rings. The maximum absolute atomic E-state index is 13.3. The number of sulfonamides is 1. The van der Waals surface area contributed by atoms with E-state index in [0.717, 1.165) is 52.0 Å². The van der Waals surface area contributed by atoms with Crippen LogP contribution in [0, 0.1) is 6.92 Å². The van der Waals surface area contributed by atoms with E-state index in [9.17, 15) is 8.42 Å². The van der Waals surface area contributed by atoms with E-state index in [1.54, 1.807) is 18.3 Å². The van der Waals surface area contributed by atoms with E-state index < -0.39 is 10.0 Å².